The van der Waals surface area contributed by atoms with Gasteiger partial charge in [-0.3, -0.25) is 4.98 Å². The lowest BCUT2D eigenvalue weighted by atomic mass is 10.1. The number of aromatic nitrogens is 1. The van der Waals surface area contributed by atoms with Crippen LogP contribution in [0.15, 0.2) is 53.7 Å². The van der Waals surface area contributed by atoms with E-state index in [9.17, 15) is 8.42 Å². The summed E-state index contributed by atoms with van der Waals surface area (Å²) >= 11 is 0. The Morgan fingerprint density at radius 2 is 1.69 bits per heavy atom. The van der Waals surface area contributed by atoms with Crippen LogP contribution in [0.4, 0.5) is 0 Å². The first-order valence-corrected chi connectivity index (χ1v) is 6.67. The fourth-order valence-corrected chi connectivity index (χ4v) is 2.12. The molecule has 0 bridgehead atoms. The van der Waals surface area contributed by atoms with Gasteiger partial charge >= 0.3 is 0 Å². The van der Waals surface area contributed by atoms with E-state index in [0.717, 1.165) is 11.1 Å². The Hall–Kier alpha value is -1.68. The summed E-state index contributed by atoms with van der Waals surface area (Å²) in [7, 11) is -3.15. The lowest BCUT2D eigenvalue weighted by Gasteiger charge is -2.03. The zero-order chi connectivity index (χ0) is 11.6. The fourth-order valence-electron chi connectivity index (χ4n) is 1.45. The number of rotatable bonds is 2. The summed E-state index contributed by atoms with van der Waals surface area (Å²) in [6, 6.07) is 10.6. The summed E-state index contributed by atoms with van der Waals surface area (Å²) in [5, 5.41) is 0. The molecular formula is C12H11NO2S. The van der Waals surface area contributed by atoms with E-state index >= 15 is 0 Å². The van der Waals surface area contributed by atoms with Crippen molar-refractivity contribution >= 4 is 9.84 Å². The van der Waals surface area contributed by atoms with E-state index in [4.69, 9.17) is 0 Å². The van der Waals surface area contributed by atoms with Gasteiger partial charge in [0, 0.05) is 18.6 Å². The molecule has 2 rings (SSSR count). The highest BCUT2D eigenvalue weighted by Gasteiger charge is 2.07. The normalized spacial score (nSPS) is 11.3. The van der Waals surface area contributed by atoms with Crippen LogP contribution >= 0.6 is 0 Å². The lowest BCUT2D eigenvalue weighted by Crippen LogP contribution is -1.96. The molecule has 4 heteroatoms. The van der Waals surface area contributed by atoms with Crippen LogP contribution < -0.4 is 0 Å². The van der Waals surface area contributed by atoms with Gasteiger partial charge in [-0.2, -0.15) is 0 Å². The average molecular weight is 233 g/mol. The first kappa shape index (κ1) is 10.8. The second-order valence-corrected chi connectivity index (χ2v) is 5.55. The monoisotopic (exact) mass is 233 g/mol. The molecule has 0 aliphatic rings. The number of nitrogens with zero attached hydrogens (tertiary/aromatic N) is 1. The number of pyridine rings is 1. The van der Waals surface area contributed by atoms with Crippen molar-refractivity contribution in [3.8, 4) is 11.1 Å². The third kappa shape index (κ3) is 2.28. The van der Waals surface area contributed by atoms with Crippen LogP contribution in [0.3, 0.4) is 0 Å². The Bertz CT molecular complexity index is 591. The molecule has 1 aromatic carbocycles. The molecule has 0 saturated carbocycles. The molecule has 3 nitrogen and oxygen atoms in total. The van der Waals surface area contributed by atoms with E-state index in [2.05, 4.69) is 4.98 Å². The summed E-state index contributed by atoms with van der Waals surface area (Å²) in [4.78, 5) is 4.26. The molecule has 0 aliphatic heterocycles. The van der Waals surface area contributed by atoms with Crippen LogP contribution in [0.1, 0.15) is 0 Å². The SMILES string of the molecule is CS(=O)(=O)c1cccc(-c2ccncc2)c1. The highest BCUT2D eigenvalue weighted by atomic mass is 32.2. The Kier molecular flexibility index (Phi) is 2.75. The van der Waals surface area contributed by atoms with Gasteiger partial charge in [0.25, 0.3) is 0 Å². The van der Waals surface area contributed by atoms with Crippen LogP contribution in [-0.4, -0.2) is 19.7 Å². The average Bonchev–Trinajstić information content (AvgIpc) is 2.29. The maximum Gasteiger partial charge on any atom is 0.175 e. The molecule has 0 N–H and O–H groups in total. The molecule has 0 aliphatic carbocycles. The van der Waals surface area contributed by atoms with Crippen molar-refractivity contribution in [3.63, 3.8) is 0 Å². The minimum atomic E-state index is -3.15. The van der Waals surface area contributed by atoms with Crippen molar-refractivity contribution < 1.29 is 8.42 Å². The topological polar surface area (TPSA) is 47.0 Å². The minimum absolute atomic E-state index is 0.335. The number of hydrogen-bond donors (Lipinski definition) is 0. The molecular weight excluding hydrogens is 222 g/mol. The molecule has 2 aromatic rings. The molecule has 82 valence electrons. The Labute approximate surface area is 94.7 Å². The highest BCUT2D eigenvalue weighted by Crippen LogP contribution is 2.21. The highest BCUT2D eigenvalue weighted by molar-refractivity contribution is 7.90. The predicted molar refractivity (Wildman–Crippen MR) is 62.8 cm³/mol. The van der Waals surface area contributed by atoms with E-state index in [1.165, 1.54) is 6.26 Å². The number of benzene rings is 1. The Morgan fingerprint density at radius 3 is 2.31 bits per heavy atom. The lowest BCUT2D eigenvalue weighted by molar-refractivity contribution is 0.602. The van der Waals surface area contributed by atoms with Crippen LogP contribution in [0.2, 0.25) is 0 Å². The molecule has 1 heterocycles. The van der Waals surface area contributed by atoms with Gasteiger partial charge in [0.1, 0.15) is 0 Å². The predicted octanol–water partition coefficient (Wildman–Crippen LogP) is 2.15. The molecule has 0 radical (unpaired) electrons. The Morgan fingerprint density at radius 1 is 1.00 bits per heavy atom. The minimum Gasteiger partial charge on any atom is -0.265 e. The second kappa shape index (κ2) is 4.06. The summed E-state index contributed by atoms with van der Waals surface area (Å²) in [5.41, 5.74) is 1.84. The maximum atomic E-state index is 11.4. The second-order valence-electron chi connectivity index (χ2n) is 3.54. The summed E-state index contributed by atoms with van der Waals surface area (Å²) in [6.45, 7) is 0. The van der Waals surface area contributed by atoms with Crippen molar-refractivity contribution in [2.45, 2.75) is 4.90 Å². The van der Waals surface area contributed by atoms with Crippen LogP contribution in [0.5, 0.6) is 0 Å². The summed E-state index contributed by atoms with van der Waals surface area (Å²) in [6.07, 6.45) is 4.57. The zero-order valence-electron chi connectivity index (χ0n) is 8.79. The first-order chi connectivity index (χ1) is 7.57. The van der Waals surface area contributed by atoms with Crippen molar-refractivity contribution in [3.05, 3.63) is 48.8 Å². The van der Waals surface area contributed by atoms with Crippen LogP contribution in [-0.2, 0) is 9.84 Å². The van der Waals surface area contributed by atoms with Crippen molar-refractivity contribution in [1.29, 1.82) is 0 Å². The molecule has 0 atom stereocenters. The van der Waals surface area contributed by atoms with E-state index in [0.29, 0.717) is 4.90 Å². The Balaban J connectivity index is 2.53. The zero-order valence-corrected chi connectivity index (χ0v) is 9.61. The van der Waals surface area contributed by atoms with Crippen LogP contribution in [0, 0.1) is 0 Å². The molecule has 0 saturated heterocycles. The largest absolute Gasteiger partial charge is 0.265 e. The molecule has 0 unspecified atom stereocenters. The summed E-state index contributed by atoms with van der Waals surface area (Å²) < 4.78 is 22.8. The van der Waals surface area contributed by atoms with E-state index in [1.807, 2.05) is 18.2 Å². The van der Waals surface area contributed by atoms with Crippen molar-refractivity contribution in [1.82, 2.24) is 4.98 Å². The maximum absolute atomic E-state index is 11.4. The third-order valence-corrected chi connectivity index (χ3v) is 3.39. The summed E-state index contributed by atoms with van der Waals surface area (Å²) in [5.74, 6) is 0. The van der Waals surface area contributed by atoms with Gasteiger partial charge in [-0.25, -0.2) is 8.42 Å². The molecule has 0 spiro atoms. The third-order valence-electron chi connectivity index (χ3n) is 2.28. The van der Waals surface area contributed by atoms with E-state index in [-0.39, 0.29) is 0 Å². The quantitative estimate of drug-likeness (QED) is 0.798. The van der Waals surface area contributed by atoms with Gasteiger partial charge in [-0.1, -0.05) is 12.1 Å². The molecule has 16 heavy (non-hydrogen) atoms. The van der Waals surface area contributed by atoms with Crippen molar-refractivity contribution in [2.24, 2.45) is 0 Å². The van der Waals surface area contributed by atoms with Gasteiger partial charge in [0.2, 0.25) is 0 Å². The fraction of sp³-hybridized carbons (Fsp3) is 0.0833. The smallest absolute Gasteiger partial charge is 0.175 e. The van der Waals surface area contributed by atoms with Gasteiger partial charge in [0.15, 0.2) is 9.84 Å². The van der Waals surface area contributed by atoms with Crippen LogP contribution in [0.25, 0.3) is 11.1 Å². The molecule has 0 amide bonds. The number of sulfone groups is 1. The van der Waals surface area contributed by atoms with Crippen molar-refractivity contribution in [2.75, 3.05) is 6.26 Å². The van der Waals surface area contributed by atoms with E-state index < -0.39 is 9.84 Å². The van der Waals surface area contributed by atoms with Gasteiger partial charge in [-0.05, 0) is 35.4 Å². The number of hydrogen-bond acceptors (Lipinski definition) is 3. The van der Waals surface area contributed by atoms with Gasteiger partial charge in [0.05, 0.1) is 4.90 Å². The molecule has 0 fully saturated rings. The van der Waals surface area contributed by atoms with Gasteiger partial charge in [-0.15, -0.1) is 0 Å². The molecule has 1 aromatic heterocycles. The standard InChI is InChI=1S/C12H11NO2S/c1-16(14,15)12-4-2-3-11(9-12)10-5-7-13-8-6-10/h2-9H,1H3. The van der Waals surface area contributed by atoms with E-state index in [1.54, 1.807) is 30.6 Å². The first-order valence-electron chi connectivity index (χ1n) is 4.78. The van der Waals surface area contributed by atoms with Gasteiger partial charge < -0.3 is 0 Å².